The van der Waals surface area contributed by atoms with Crippen LogP contribution in [0, 0.1) is 5.82 Å². The van der Waals surface area contributed by atoms with Gasteiger partial charge >= 0.3 is 6.18 Å². The number of fused-ring (bicyclic) bond motifs is 1. The van der Waals surface area contributed by atoms with Crippen LogP contribution in [0.2, 0.25) is 0 Å². The van der Waals surface area contributed by atoms with Crippen molar-refractivity contribution < 1.29 is 31.4 Å². The van der Waals surface area contributed by atoms with Crippen molar-refractivity contribution in [3.8, 4) is 17.1 Å². The molecule has 3 N–H and O–H groups in total. The molecule has 4 aromatic rings. The fraction of sp³-hybridized carbons (Fsp3) is 0.320. The average molecular weight is 613 g/mol. The Hall–Kier alpha value is -4.17. The molecule has 0 amide bonds. The van der Waals surface area contributed by atoms with Gasteiger partial charge in [0.15, 0.2) is 11.6 Å². The number of pyridine rings is 1. The molecule has 3 atom stereocenters. The lowest BCUT2D eigenvalue weighted by Crippen LogP contribution is -2.37. The number of nitrogens with zero attached hydrogens (tertiary/aromatic N) is 5. The van der Waals surface area contributed by atoms with Crippen molar-refractivity contribution in [3.63, 3.8) is 0 Å². The van der Waals surface area contributed by atoms with Crippen LogP contribution in [-0.2, 0) is 17.5 Å². The van der Waals surface area contributed by atoms with E-state index in [4.69, 9.17) is 15.3 Å². The lowest BCUT2D eigenvalue weighted by Gasteiger charge is -2.22. The number of ether oxygens (including phenoxy) is 2. The second-order valence-corrected chi connectivity index (χ2v) is 9.55. The highest BCUT2D eigenvalue weighted by molar-refractivity contribution is 7.16. The van der Waals surface area contributed by atoms with Gasteiger partial charge in [-0.2, -0.15) is 18.3 Å². The Balaban J connectivity index is 1.53. The Morgan fingerprint density at radius 1 is 1.14 bits per heavy atom. The van der Waals surface area contributed by atoms with Gasteiger partial charge in [0.2, 0.25) is 6.10 Å². The summed E-state index contributed by atoms with van der Waals surface area (Å²) in [5.74, 6) is 4.98. The summed E-state index contributed by atoms with van der Waals surface area (Å²) in [6.45, 7) is -0.283. The van der Waals surface area contributed by atoms with Crippen LogP contribution < -0.4 is 27.0 Å². The van der Waals surface area contributed by atoms with E-state index in [2.05, 4.69) is 20.4 Å². The molecule has 11 nitrogen and oxygen atoms in total. The number of hydrogen-bond donors (Lipinski definition) is 2. The van der Waals surface area contributed by atoms with Crippen LogP contribution in [0.25, 0.3) is 22.2 Å². The number of anilines is 1. The number of benzene rings is 1. The Kier molecular flexibility index (Phi) is 9.36. The van der Waals surface area contributed by atoms with Crippen molar-refractivity contribution in [2.75, 3.05) is 24.9 Å². The second kappa shape index (κ2) is 12.8. The number of hydrogen-bond acceptors (Lipinski definition) is 9. The number of halogens is 5. The first-order chi connectivity index (χ1) is 19.9. The minimum absolute atomic E-state index is 0.0573. The molecule has 17 heteroatoms. The summed E-state index contributed by atoms with van der Waals surface area (Å²) in [7, 11) is 3.19. The van der Waals surface area contributed by atoms with E-state index in [9.17, 15) is 31.5 Å². The molecular weight excluding hydrogens is 588 g/mol. The zero-order valence-corrected chi connectivity index (χ0v) is 23.1. The maximum atomic E-state index is 15.0. The van der Waals surface area contributed by atoms with Crippen molar-refractivity contribution in [3.05, 3.63) is 75.1 Å². The van der Waals surface area contributed by atoms with Gasteiger partial charge in [0.1, 0.15) is 11.4 Å². The van der Waals surface area contributed by atoms with Crippen molar-refractivity contribution >= 4 is 25.7 Å². The number of methoxy groups -OCH3 is 1. The normalized spacial score (nSPS) is 13.2. The summed E-state index contributed by atoms with van der Waals surface area (Å²) in [5, 5.41) is 6.49. The SMILES string of the molecule is COc1cnc(-c2cc3ccn(CCC[C@H](COC(F)P)Nc4cnn(N)c(=O)c4C(F)(F)F)c(=O)c3cc2F)nc1. The van der Waals surface area contributed by atoms with Crippen LogP contribution in [0.15, 0.2) is 52.6 Å². The smallest absolute Gasteiger partial charge is 0.423 e. The lowest BCUT2D eigenvalue weighted by molar-refractivity contribution is -0.138. The molecule has 4 rings (SSSR count). The van der Waals surface area contributed by atoms with Crippen molar-refractivity contribution in [2.24, 2.45) is 0 Å². The molecule has 2 unspecified atom stereocenters. The third-order valence-electron chi connectivity index (χ3n) is 6.22. The van der Waals surface area contributed by atoms with Crippen LogP contribution in [-0.4, -0.2) is 50.3 Å². The largest absolute Gasteiger partial charge is 0.494 e. The zero-order valence-electron chi connectivity index (χ0n) is 21.9. The molecule has 0 spiro atoms. The molecule has 0 bridgehead atoms. The summed E-state index contributed by atoms with van der Waals surface area (Å²) >= 11 is 0. The van der Waals surface area contributed by atoms with Crippen LogP contribution in [0.1, 0.15) is 18.4 Å². The molecule has 0 aliphatic rings. The molecule has 0 saturated heterocycles. The topological polar surface area (TPSA) is 139 Å². The highest BCUT2D eigenvalue weighted by Crippen LogP contribution is 2.32. The second-order valence-electron chi connectivity index (χ2n) is 9.03. The Morgan fingerprint density at radius 2 is 1.86 bits per heavy atom. The van der Waals surface area contributed by atoms with E-state index in [0.717, 1.165) is 12.3 Å². The van der Waals surface area contributed by atoms with E-state index in [1.54, 1.807) is 15.3 Å². The van der Waals surface area contributed by atoms with Gasteiger partial charge in [-0.05, 0) is 36.4 Å². The molecule has 224 valence electrons. The van der Waals surface area contributed by atoms with Gasteiger partial charge in [-0.15, -0.1) is 4.79 Å². The monoisotopic (exact) mass is 613 g/mol. The van der Waals surface area contributed by atoms with Crippen LogP contribution >= 0.6 is 9.24 Å². The summed E-state index contributed by atoms with van der Waals surface area (Å²) < 4.78 is 80.2. The number of rotatable bonds is 11. The van der Waals surface area contributed by atoms with E-state index in [-0.39, 0.29) is 47.6 Å². The van der Waals surface area contributed by atoms with Gasteiger partial charge in [-0.3, -0.25) is 9.59 Å². The van der Waals surface area contributed by atoms with Crippen molar-refractivity contribution in [1.29, 1.82) is 0 Å². The summed E-state index contributed by atoms with van der Waals surface area (Å²) in [5.41, 5.74) is -4.21. The number of nitrogens with one attached hydrogen (secondary N) is 1. The van der Waals surface area contributed by atoms with Crippen LogP contribution in [0.4, 0.5) is 27.6 Å². The van der Waals surface area contributed by atoms with Gasteiger partial charge in [0.25, 0.3) is 11.1 Å². The predicted octanol–water partition coefficient (Wildman–Crippen LogP) is 3.30. The maximum Gasteiger partial charge on any atom is 0.423 e. The van der Waals surface area contributed by atoms with Gasteiger partial charge < -0.3 is 25.2 Å². The summed E-state index contributed by atoms with van der Waals surface area (Å²) in [6, 6.07) is 3.22. The van der Waals surface area contributed by atoms with Crippen LogP contribution in [0.3, 0.4) is 0 Å². The fourth-order valence-electron chi connectivity index (χ4n) is 4.20. The van der Waals surface area contributed by atoms with Crippen molar-refractivity contribution in [2.45, 2.75) is 37.7 Å². The average Bonchev–Trinajstić information content (AvgIpc) is 2.94. The van der Waals surface area contributed by atoms with Gasteiger partial charge in [0, 0.05) is 18.8 Å². The fourth-order valence-corrected chi connectivity index (χ4v) is 4.31. The number of nitrogens with two attached hydrogens (primary N) is 1. The number of aromatic nitrogens is 5. The molecule has 3 heterocycles. The molecule has 3 aromatic heterocycles. The number of alkyl halides is 4. The van der Waals surface area contributed by atoms with Gasteiger partial charge in [-0.25, -0.2) is 18.7 Å². The van der Waals surface area contributed by atoms with Gasteiger partial charge in [0.05, 0.1) is 48.9 Å². The molecule has 0 aliphatic heterocycles. The third kappa shape index (κ3) is 6.99. The maximum absolute atomic E-state index is 15.0. The predicted molar refractivity (Wildman–Crippen MR) is 147 cm³/mol. The summed E-state index contributed by atoms with van der Waals surface area (Å²) in [6.07, 6.45) is -1.54. The highest BCUT2D eigenvalue weighted by atomic mass is 31.0. The Labute approximate surface area is 236 Å². The first kappa shape index (κ1) is 30.8. The molecule has 0 saturated carbocycles. The van der Waals surface area contributed by atoms with E-state index < -0.39 is 46.5 Å². The number of nitrogen functional groups attached to an aromatic ring is 1. The first-order valence-corrected chi connectivity index (χ1v) is 13.0. The third-order valence-corrected chi connectivity index (χ3v) is 6.42. The molecule has 0 aliphatic carbocycles. The van der Waals surface area contributed by atoms with E-state index >= 15 is 0 Å². The van der Waals surface area contributed by atoms with E-state index in [1.807, 2.05) is 0 Å². The van der Waals surface area contributed by atoms with E-state index in [1.165, 1.54) is 36.3 Å². The highest BCUT2D eigenvalue weighted by Gasteiger charge is 2.38. The number of aryl methyl sites for hydroxylation is 1. The van der Waals surface area contributed by atoms with Crippen LogP contribution in [0.5, 0.6) is 5.75 Å². The molecule has 1 aromatic carbocycles. The zero-order chi connectivity index (χ0) is 30.6. The minimum Gasteiger partial charge on any atom is -0.494 e. The first-order valence-electron chi connectivity index (χ1n) is 12.3. The summed E-state index contributed by atoms with van der Waals surface area (Å²) in [4.78, 5) is 33.3. The standard InChI is InChI=1S/C25H25F5N7O4P/c1-40-15-9-32-21(33-10-15)17-7-13-4-6-36(22(38)16(13)8-18(17)26)5-2-3-14(12-41-24(27)42)35-19-11-34-37(31)23(39)20(19)25(28,29)30/h4,6-11,14,24,35H,2-3,5,12,31,42H2,1H3/t14-,24?/m1/s1. The molecule has 0 radical (unpaired) electrons. The molecule has 42 heavy (non-hydrogen) atoms. The van der Waals surface area contributed by atoms with E-state index in [0.29, 0.717) is 11.1 Å². The quantitative estimate of drug-likeness (QED) is 0.148. The Morgan fingerprint density at radius 3 is 2.50 bits per heavy atom. The Bertz CT molecular complexity index is 1680. The van der Waals surface area contributed by atoms with Crippen molar-refractivity contribution in [1.82, 2.24) is 24.4 Å². The lowest BCUT2D eigenvalue weighted by atomic mass is 10.1. The molecular formula is C25H25F5N7O4P. The molecule has 0 fully saturated rings. The minimum atomic E-state index is -5.05. The van der Waals surface area contributed by atoms with Gasteiger partial charge in [-0.1, -0.05) is 9.24 Å².